The number of hydrogen-bond acceptors (Lipinski definition) is 4. The first-order valence-corrected chi connectivity index (χ1v) is 7.24. The molecular formula is C14H26N4O. The van der Waals surface area contributed by atoms with Crippen LogP contribution in [0.3, 0.4) is 0 Å². The van der Waals surface area contributed by atoms with Crippen molar-refractivity contribution in [2.24, 2.45) is 11.7 Å². The molecule has 1 aromatic rings. The van der Waals surface area contributed by atoms with Crippen molar-refractivity contribution in [2.75, 3.05) is 33.4 Å². The van der Waals surface area contributed by atoms with E-state index in [1.54, 1.807) is 0 Å². The van der Waals surface area contributed by atoms with E-state index in [0.717, 1.165) is 45.1 Å². The number of aryl methyl sites for hydroxylation is 1. The van der Waals surface area contributed by atoms with Crippen molar-refractivity contribution in [2.45, 2.75) is 32.4 Å². The number of rotatable bonds is 6. The molecule has 0 amide bonds. The molecule has 2 heterocycles. The maximum absolute atomic E-state index is 5.99. The van der Waals surface area contributed by atoms with E-state index in [9.17, 15) is 0 Å². The molecule has 0 saturated carbocycles. The molecule has 1 fully saturated rings. The van der Waals surface area contributed by atoms with Crippen molar-refractivity contribution in [3.63, 3.8) is 0 Å². The smallest absolute Gasteiger partial charge is 0.0948 e. The zero-order valence-electron chi connectivity index (χ0n) is 12.1. The lowest BCUT2D eigenvalue weighted by atomic mass is 9.99. The first-order chi connectivity index (χ1) is 9.26. The molecule has 0 spiro atoms. The van der Waals surface area contributed by atoms with E-state index >= 15 is 0 Å². The Hall–Kier alpha value is -0.910. The van der Waals surface area contributed by atoms with Crippen LogP contribution in [-0.4, -0.2) is 47.8 Å². The fraction of sp³-hybridized carbons (Fsp3) is 0.786. The number of likely N-dealkylation sites (N-methyl/N-ethyl adjacent to an activating group) is 1. The summed E-state index contributed by atoms with van der Waals surface area (Å²) in [5, 5.41) is 0. The molecule has 0 aromatic carbocycles. The van der Waals surface area contributed by atoms with Crippen LogP contribution in [0.1, 0.15) is 31.5 Å². The monoisotopic (exact) mass is 266 g/mol. The number of aromatic nitrogens is 2. The molecule has 5 heteroatoms. The summed E-state index contributed by atoms with van der Waals surface area (Å²) in [5.74, 6) is 0.728. The second-order valence-electron chi connectivity index (χ2n) is 5.35. The lowest BCUT2D eigenvalue weighted by Gasteiger charge is -2.32. The number of imidazole rings is 1. The van der Waals surface area contributed by atoms with Crippen molar-refractivity contribution in [3.8, 4) is 0 Å². The molecule has 19 heavy (non-hydrogen) atoms. The van der Waals surface area contributed by atoms with Gasteiger partial charge in [-0.3, -0.25) is 4.90 Å². The summed E-state index contributed by atoms with van der Waals surface area (Å²) in [6.07, 6.45) is 6.16. The third-order valence-electron chi connectivity index (χ3n) is 4.07. The van der Waals surface area contributed by atoms with E-state index in [0.29, 0.717) is 6.54 Å². The van der Waals surface area contributed by atoms with Gasteiger partial charge >= 0.3 is 0 Å². The van der Waals surface area contributed by atoms with Gasteiger partial charge < -0.3 is 15.0 Å². The Kier molecular flexibility index (Phi) is 5.36. The van der Waals surface area contributed by atoms with Crippen molar-refractivity contribution in [1.29, 1.82) is 0 Å². The lowest BCUT2D eigenvalue weighted by molar-refractivity contribution is 0.0502. The second-order valence-corrected chi connectivity index (χ2v) is 5.35. The fourth-order valence-electron chi connectivity index (χ4n) is 2.86. The van der Waals surface area contributed by atoms with E-state index in [-0.39, 0.29) is 6.04 Å². The first-order valence-electron chi connectivity index (χ1n) is 7.24. The van der Waals surface area contributed by atoms with Crippen LogP contribution < -0.4 is 5.73 Å². The highest BCUT2D eigenvalue weighted by Crippen LogP contribution is 2.22. The molecular weight excluding hydrogens is 240 g/mol. The molecule has 1 atom stereocenters. The molecule has 1 aliphatic rings. The Labute approximate surface area is 115 Å². The van der Waals surface area contributed by atoms with E-state index in [1.807, 2.05) is 12.5 Å². The molecule has 1 unspecified atom stereocenters. The maximum atomic E-state index is 5.99. The number of nitrogens with two attached hydrogens (primary N) is 1. The number of nitrogens with zero attached hydrogens (tertiary/aromatic N) is 3. The minimum Gasteiger partial charge on any atom is -0.381 e. The summed E-state index contributed by atoms with van der Waals surface area (Å²) >= 11 is 0. The van der Waals surface area contributed by atoms with Crippen LogP contribution in [0.2, 0.25) is 0 Å². The lowest BCUT2D eigenvalue weighted by Crippen LogP contribution is -2.36. The highest BCUT2D eigenvalue weighted by molar-refractivity contribution is 5.06. The summed E-state index contributed by atoms with van der Waals surface area (Å²) in [6.45, 7) is 6.59. The van der Waals surface area contributed by atoms with Crippen LogP contribution in [0, 0.1) is 5.92 Å². The first kappa shape index (κ1) is 14.5. The summed E-state index contributed by atoms with van der Waals surface area (Å²) < 4.78 is 7.60. The molecule has 1 aliphatic heterocycles. The van der Waals surface area contributed by atoms with Gasteiger partial charge in [0.05, 0.1) is 18.1 Å². The normalized spacial score (nSPS) is 18.9. The third kappa shape index (κ3) is 3.55. The zero-order chi connectivity index (χ0) is 13.7. The van der Waals surface area contributed by atoms with Gasteiger partial charge in [0.15, 0.2) is 0 Å². The predicted octanol–water partition coefficient (Wildman–Crippen LogP) is 1.26. The minimum atomic E-state index is 0.255. The van der Waals surface area contributed by atoms with Gasteiger partial charge in [-0.1, -0.05) is 0 Å². The van der Waals surface area contributed by atoms with Crippen LogP contribution in [0.15, 0.2) is 12.5 Å². The SMILES string of the molecule is CCn1cncc1C(CN)N(C)CC1CCOCC1. The Morgan fingerprint density at radius 2 is 2.26 bits per heavy atom. The molecule has 0 radical (unpaired) electrons. The van der Waals surface area contributed by atoms with E-state index in [1.165, 1.54) is 5.69 Å². The van der Waals surface area contributed by atoms with Gasteiger partial charge in [0.1, 0.15) is 0 Å². The molecule has 108 valence electrons. The van der Waals surface area contributed by atoms with Gasteiger partial charge in [-0.25, -0.2) is 4.98 Å². The van der Waals surface area contributed by atoms with E-state index in [4.69, 9.17) is 10.5 Å². The molecule has 2 rings (SSSR count). The van der Waals surface area contributed by atoms with Crippen LogP contribution in [0.25, 0.3) is 0 Å². The number of hydrogen-bond donors (Lipinski definition) is 1. The van der Waals surface area contributed by atoms with Crippen LogP contribution in [0.4, 0.5) is 0 Å². The maximum Gasteiger partial charge on any atom is 0.0948 e. The van der Waals surface area contributed by atoms with Gasteiger partial charge in [0, 0.05) is 39.0 Å². The van der Waals surface area contributed by atoms with Gasteiger partial charge in [0.25, 0.3) is 0 Å². The standard InChI is InChI=1S/C14H26N4O/c1-3-18-11-16-9-14(18)13(8-15)17(2)10-12-4-6-19-7-5-12/h9,11-13H,3-8,10,15H2,1-2H3. The van der Waals surface area contributed by atoms with Gasteiger partial charge in [-0.15, -0.1) is 0 Å². The molecule has 0 aliphatic carbocycles. The Morgan fingerprint density at radius 3 is 2.89 bits per heavy atom. The molecule has 2 N–H and O–H groups in total. The van der Waals surface area contributed by atoms with Crippen molar-refractivity contribution < 1.29 is 4.74 Å². The highest BCUT2D eigenvalue weighted by Gasteiger charge is 2.23. The largest absolute Gasteiger partial charge is 0.381 e. The molecule has 1 aromatic heterocycles. The Morgan fingerprint density at radius 1 is 1.53 bits per heavy atom. The Balaban J connectivity index is 2.00. The molecule has 0 bridgehead atoms. The van der Waals surface area contributed by atoms with E-state index in [2.05, 4.69) is 28.4 Å². The summed E-state index contributed by atoms with van der Waals surface area (Å²) in [6, 6.07) is 0.255. The number of ether oxygens (including phenoxy) is 1. The average molecular weight is 266 g/mol. The van der Waals surface area contributed by atoms with Crippen molar-refractivity contribution in [3.05, 3.63) is 18.2 Å². The van der Waals surface area contributed by atoms with Gasteiger partial charge in [-0.05, 0) is 32.7 Å². The quantitative estimate of drug-likeness (QED) is 0.842. The summed E-state index contributed by atoms with van der Waals surface area (Å²) in [4.78, 5) is 6.63. The topological polar surface area (TPSA) is 56.3 Å². The second kappa shape index (κ2) is 7.03. The summed E-state index contributed by atoms with van der Waals surface area (Å²) in [7, 11) is 2.17. The van der Waals surface area contributed by atoms with Crippen LogP contribution >= 0.6 is 0 Å². The molecule has 5 nitrogen and oxygen atoms in total. The van der Waals surface area contributed by atoms with Crippen LogP contribution in [-0.2, 0) is 11.3 Å². The predicted molar refractivity (Wildman–Crippen MR) is 75.9 cm³/mol. The van der Waals surface area contributed by atoms with Gasteiger partial charge in [-0.2, -0.15) is 0 Å². The van der Waals surface area contributed by atoms with Crippen LogP contribution in [0.5, 0.6) is 0 Å². The van der Waals surface area contributed by atoms with Crippen molar-refractivity contribution >= 4 is 0 Å². The van der Waals surface area contributed by atoms with Crippen molar-refractivity contribution in [1.82, 2.24) is 14.5 Å². The zero-order valence-corrected chi connectivity index (χ0v) is 12.1. The average Bonchev–Trinajstić information content (AvgIpc) is 2.89. The third-order valence-corrected chi connectivity index (χ3v) is 4.07. The fourth-order valence-corrected chi connectivity index (χ4v) is 2.86. The summed E-state index contributed by atoms with van der Waals surface area (Å²) in [5.41, 5.74) is 7.21. The minimum absolute atomic E-state index is 0.255. The van der Waals surface area contributed by atoms with Gasteiger partial charge in [0.2, 0.25) is 0 Å². The highest BCUT2D eigenvalue weighted by atomic mass is 16.5. The Bertz CT molecular complexity index is 373. The van der Waals surface area contributed by atoms with E-state index < -0.39 is 0 Å². The molecule has 1 saturated heterocycles.